The number of hydrogen-bond acceptors (Lipinski definition) is 2. The molecule has 96 valence electrons. The van der Waals surface area contributed by atoms with E-state index in [4.69, 9.17) is 5.26 Å². The van der Waals surface area contributed by atoms with Gasteiger partial charge in [0.05, 0.1) is 17.2 Å². The highest BCUT2D eigenvalue weighted by molar-refractivity contribution is 5.54. The average molecular weight is 254 g/mol. The fourth-order valence-corrected chi connectivity index (χ4v) is 1.60. The first kappa shape index (κ1) is 14.1. The van der Waals surface area contributed by atoms with Crippen LogP contribution in [0.4, 0.5) is 18.9 Å². The van der Waals surface area contributed by atoms with Crippen LogP contribution in [0.2, 0.25) is 0 Å². The van der Waals surface area contributed by atoms with Gasteiger partial charge in [0.15, 0.2) is 0 Å². The van der Waals surface area contributed by atoms with Crippen molar-refractivity contribution in [1.82, 2.24) is 0 Å². The van der Waals surface area contributed by atoms with Crippen LogP contribution in [0.1, 0.15) is 18.1 Å². The third-order valence-corrected chi connectivity index (χ3v) is 2.38. The molecule has 0 fully saturated rings. The highest BCUT2D eigenvalue weighted by Crippen LogP contribution is 2.34. The Morgan fingerprint density at radius 1 is 1.44 bits per heavy atom. The van der Waals surface area contributed by atoms with Crippen LogP contribution in [0.15, 0.2) is 30.4 Å². The maximum absolute atomic E-state index is 12.8. The van der Waals surface area contributed by atoms with Gasteiger partial charge in [0.2, 0.25) is 0 Å². The van der Waals surface area contributed by atoms with Crippen LogP contribution in [-0.4, -0.2) is 13.6 Å². The van der Waals surface area contributed by atoms with Gasteiger partial charge in [-0.25, -0.2) is 0 Å². The smallest absolute Gasteiger partial charge is 0.371 e. The molecule has 0 aromatic heterocycles. The minimum absolute atomic E-state index is 0.366. The van der Waals surface area contributed by atoms with Crippen molar-refractivity contribution in [3.63, 3.8) is 0 Å². The Balaban J connectivity index is 3.19. The molecule has 0 heterocycles. The van der Waals surface area contributed by atoms with Crippen molar-refractivity contribution < 1.29 is 13.2 Å². The maximum atomic E-state index is 12.8. The Labute approximate surface area is 104 Å². The number of likely N-dealkylation sites (N-methyl/N-ethyl adjacent to an activating group) is 1. The number of benzene rings is 1. The zero-order valence-electron chi connectivity index (χ0n) is 10.2. The van der Waals surface area contributed by atoms with Gasteiger partial charge in [-0.05, 0) is 25.1 Å². The SMILES string of the molecule is C=C(C)CN(C)c1ccc(C#N)c(C(F)(F)F)c1. The van der Waals surface area contributed by atoms with Gasteiger partial charge in [-0.3, -0.25) is 0 Å². The van der Waals surface area contributed by atoms with Crippen LogP contribution in [0.3, 0.4) is 0 Å². The molecule has 0 atom stereocenters. The summed E-state index contributed by atoms with van der Waals surface area (Å²) in [5.41, 5.74) is -0.0224. The molecule has 0 aliphatic heterocycles. The zero-order chi connectivity index (χ0) is 13.9. The quantitative estimate of drug-likeness (QED) is 0.771. The molecule has 0 amide bonds. The molecule has 0 bridgehead atoms. The fourth-order valence-electron chi connectivity index (χ4n) is 1.60. The van der Waals surface area contributed by atoms with E-state index >= 15 is 0 Å². The predicted octanol–water partition coefficient (Wildman–Crippen LogP) is 3.59. The Bertz CT molecular complexity index is 498. The number of halogens is 3. The number of nitriles is 1. The van der Waals surface area contributed by atoms with E-state index < -0.39 is 11.7 Å². The molecule has 2 nitrogen and oxygen atoms in total. The monoisotopic (exact) mass is 254 g/mol. The molecule has 1 rings (SSSR count). The van der Waals surface area contributed by atoms with Gasteiger partial charge < -0.3 is 4.90 Å². The van der Waals surface area contributed by atoms with Crippen molar-refractivity contribution in [2.75, 3.05) is 18.5 Å². The molecule has 0 unspecified atom stereocenters. The van der Waals surface area contributed by atoms with Gasteiger partial charge in [-0.15, -0.1) is 0 Å². The Morgan fingerprint density at radius 3 is 2.50 bits per heavy atom. The molecule has 0 N–H and O–H groups in total. The third kappa shape index (κ3) is 3.27. The molecule has 0 aliphatic carbocycles. The number of alkyl halides is 3. The minimum atomic E-state index is -4.52. The van der Waals surface area contributed by atoms with Gasteiger partial charge in [-0.1, -0.05) is 12.2 Å². The highest BCUT2D eigenvalue weighted by atomic mass is 19.4. The average Bonchev–Trinajstić information content (AvgIpc) is 2.26. The van der Waals surface area contributed by atoms with Crippen molar-refractivity contribution in [2.45, 2.75) is 13.1 Å². The Kier molecular flexibility index (Phi) is 4.02. The molecular weight excluding hydrogens is 241 g/mol. The van der Waals surface area contributed by atoms with E-state index in [1.165, 1.54) is 12.1 Å². The van der Waals surface area contributed by atoms with E-state index in [1.54, 1.807) is 24.9 Å². The number of rotatable bonds is 3. The number of nitrogens with zero attached hydrogens (tertiary/aromatic N) is 2. The van der Waals surface area contributed by atoms with Crippen molar-refractivity contribution in [1.29, 1.82) is 5.26 Å². The van der Waals surface area contributed by atoms with E-state index in [0.29, 0.717) is 12.2 Å². The van der Waals surface area contributed by atoms with Crippen LogP contribution in [0.5, 0.6) is 0 Å². The molecule has 5 heteroatoms. The van der Waals surface area contributed by atoms with Crippen LogP contribution in [0.25, 0.3) is 0 Å². The third-order valence-electron chi connectivity index (χ3n) is 2.38. The molecule has 0 saturated carbocycles. The molecule has 0 aliphatic rings. The Morgan fingerprint density at radius 2 is 2.06 bits per heavy atom. The summed E-state index contributed by atoms with van der Waals surface area (Å²) in [5, 5.41) is 8.68. The molecule has 18 heavy (non-hydrogen) atoms. The van der Waals surface area contributed by atoms with Gasteiger partial charge >= 0.3 is 6.18 Å². The lowest BCUT2D eigenvalue weighted by atomic mass is 10.1. The van der Waals surface area contributed by atoms with E-state index in [0.717, 1.165) is 11.6 Å². The second kappa shape index (κ2) is 5.13. The first-order chi connectivity index (χ1) is 8.25. The lowest BCUT2D eigenvalue weighted by Crippen LogP contribution is -2.20. The van der Waals surface area contributed by atoms with E-state index in [1.807, 2.05) is 0 Å². The number of hydrogen-bond donors (Lipinski definition) is 0. The summed E-state index contributed by atoms with van der Waals surface area (Å²) in [6, 6.07) is 5.22. The van der Waals surface area contributed by atoms with Crippen LogP contribution in [-0.2, 0) is 6.18 Å². The molecule has 0 saturated heterocycles. The van der Waals surface area contributed by atoms with Gasteiger partial charge in [0.25, 0.3) is 0 Å². The van der Waals surface area contributed by atoms with Gasteiger partial charge in [0.1, 0.15) is 0 Å². The summed E-state index contributed by atoms with van der Waals surface area (Å²) in [7, 11) is 1.68. The zero-order valence-corrected chi connectivity index (χ0v) is 10.2. The minimum Gasteiger partial charge on any atom is -0.371 e. The van der Waals surface area contributed by atoms with Crippen molar-refractivity contribution in [3.8, 4) is 6.07 Å². The first-order valence-corrected chi connectivity index (χ1v) is 5.22. The van der Waals surface area contributed by atoms with E-state index in [-0.39, 0.29) is 5.56 Å². The highest BCUT2D eigenvalue weighted by Gasteiger charge is 2.34. The van der Waals surface area contributed by atoms with Crippen LogP contribution < -0.4 is 4.90 Å². The van der Waals surface area contributed by atoms with Crippen molar-refractivity contribution in [3.05, 3.63) is 41.5 Å². The summed E-state index contributed by atoms with van der Waals surface area (Å²) in [4.78, 5) is 1.65. The summed E-state index contributed by atoms with van der Waals surface area (Å²) < 4.78 is 38.3. The standard InChI is InChI=1S/C13H13F3N2/c1-9(2)8-18(3)11-5-4-10(7-17)12(6-11)13(14,15)16/h4-6H,1,8H2,2-3H3. The summed E-state index contributed by atoms with van der Waals surface area (Å²) in [6.07, 6.45) is -4.52. The summed E-state index contributed by atoms with van der Waals surface area (Å²) in [6.45, 7) is 5.97. The van der Waals surface area contributed by atoms with E-state index in [9.17, 15) is 13.2 Å². The summed E-state index contributed by atoms with van der Waals surface area (Å²) in [5.74, 6) is 0. The largest absolute Gasteiger partial charge is 0.417 e. The van der Waals surface area contributed by atoms with Crippen molar-refractivity contribution in [2.24, 2.45) is 0 Å². The number of anilines is 1. The molecule has 1 aromatic carbocycles. The second-order valence-electron chi connectivity index (χ2n) is 4.15. The second-order valence-corrected chi connectivity index (χ2v) is 4.15. The lowest BCUT2D eigenvalue weighted by molar-refractivity contribution is -0.137. The molecule has 0 spiro atoms. The summed E-state index contributed by atoms with van der Waals surface area (Å²) >= 11 is 0. The predicted molar refractivity (Wildman–Crippen MR) is 64.2 cm³/mol. The molecular formula is C13H13F3N2. The van der Waals surface area contributed by atoms with Gasteiger partial charge in [-0.2, -0.15) is 18.4 Å². The topological polar surface area (TPSA) is 27.0 Å². The molecule has 1 aromatic rings. The normalized spacial score (nSPS) is 10.9. The van der Waals surface area contributed by atoms with Gasteiger partial charge in [0, 0.05) is 19.3 Å². The lowest BCUT2D eigenvalue weighted by Gasteiger charge is -2.21. The van der Waals surface area contributed by atoms with Crippen molar-refractivity contribution >= 4 is 5.69 Å². The first-order valence-electron chi connectivity index (χ1n) is 5.22. The van der Waals surface area contributed by atoms with E-state index in [2.05, 4.69) is 6.58 Å². The Hall–Kier alpha value is -1.96. The maximum Gasteiger partial charge on any atom is 0.417 e. The van der Waals surface area contributed by atoms with Crippen LogP contribution >= 0.6 is 0 Å². The molecule has 0 radical (unpaired) electrons. The van der Waals surface area contributed by atoms with Crippen LogP contribution in [0, 0.1) is 11.3 Å². The fraction of sp³-hybridized carbons (Fsp3) is 0.308.